The minimum atomic E-state index is -3.55. The van der Waals surface area contributed by atoms with Gasteiger partial charge in [-0.3, -0.25) is 0 Å². The minimum absolute atomic E-state index is 0.0844. The number of halogens is 1. The summed E-state index contributed by atoms with van der Waals surface area (Å²) in [5.74, 6) is 0.425. The Morgan fingerprint density at radius 1 is 1.22 bits per heavy atom. The van der Waals surface area contributed by atoms with Gasteiger partial charge >= 0.3 is 0 Å². The van der Waals surface area contributed by atoms with Crippen LogP contribution in [0.4, 0.5) is 10.3 Å². The largest absolute Gasteiger partial charge is 0.419 e. The lowest BCUT2D eigenvalue weighted by Crippen LogP contribution is -2.39. The zero-order valence-electron chi connectivity index (χ0n) is 17.6. The Morgan fingerprint density at radius 2 is 1.94 bits per heavy atom. The molecule has 0 saturated carbocycles. The van der Waals surface area contributed by atoms with E-state index in [1.807, 2.05) is 6.07 Å². The number of hydrogen-bond acceptors (Lipinski definition) is 6. The van der Waals surface area contributed by atoms with E-state index < -0.39 is 10.0 Å². The van der Waals surface area contributed by atoms with E-state index >= 15 is 0 Å². The summed E-state index contributed by atoms with van der Waals surface area (Å²) in [6.45, 7) is 3.44. The fourth-order valence-electron chi connectivity index (χ4n) is 3.71. The van der Waals surface area contributed by atoms with Gasteiger partial charge in [-0.2, -0.15) is 14.6 Å². The lowest BCUT2D eigenvalue weighted by Gasteiger charge is -2.30. The lowest BCUT2D eigenvalue weighted by molar-refractivity contribution is 0.281. The van der Waals surface area contributed by atoms with Gasteiger partial charge in [0.2, 0.25) is 27.5 Å². The molecule has 0 spiro atoms. The summed E-state index contributed by atoms with van der Waals surface area (Å²) in [6.07, 6.45) is 1.90. The van der Waals surface area contributed by atoms with Crippen molar-refractivity contribution in [3.63, 3.8) is 0 Å². The van der Waals surface area contributed by atoms with Crippen molar-refractivity contribution in [2.24, 2.45) is 5.92 Å². The maximum atomic E-state index is 13.1. The van der Waals surface area contributed by atoms with Gasteiger partial charge < -0.3 is 9.73 Å². The first-order valence-corrected chi connectivity index (χ1v) is 11.8. The number of hydrogen-bond donors (Lipinski definition) is 1. The second-order valence-electron chi connectivity index (χ2n) is 7.92. The fourth-order valence-corrected chi connectivity index (χ4v) is 5.31. The van der Waals surface area contributed by atoms with Crippen LogP contribution in [0.5, 0.6) is 0 Å². The number of nitriles is 1. The van der Waals surface area contributed by atoms with Gasteiger partial charge in [-0.15, -0.1) is 0 Å². The highest BCUT2D eigenvalue weighted by Gasteiger charge is 2.28. The summed E-state index contributed by atoms with van der Waals surface area (Å²) < 4.78 is 46.2. The van der Waals surface area contributed by atoms with Gasteiger partial charge in [0.25, 0.3) is 0 Å². The summed E-state index contributed by atoms with van der Waals surface area (Å²) in [7, 11) is -3.55. The zero-order chi connectivity index (χ0) is 22.7. The van der Waals surface area contributed by atoms with Gasteiger partial charge in [0.15, 0.2) is 0 Å². The molecule has 1 aliphatic rings. The molecule has 1 atom stereocenters. The quantitative estimate of drug-likeness (QED) is 0.593. The third-order valence-electron chi connectivity index (χ3n) is 5.46. The molecule has 0 bridgehead atoms. The predicted molar refractivity (Wildman–Crippen MR) is 118 cm³/mol. The zero-order valence-corrected chi connectivity index (χ0v) is 18.4. The minimum Gasteiger partial charge on any atom is -0.419 e. The molecular formula is C23H23FN4O3S. The van der Waals surface area contributed by atoms with E-state index in [2.05, 4.69) is 17.2 Å². The Labute approximate surface area is 186 Å². The Kier molecular flexibility index (Phi) is 6.26. The topological polar surface area (TPSA) is 99.2 Å². The average molecular weight is 455 g/mol. The van der Waals surface area contributed by atoms with Crippen molar-refractivity contribution in [2.75, 3.05) is 18.4 Å². The third-order valence-corrected chi connectivity index (χ3v) is 7.34. The van der Waals surface area contributed by atoms with Crippen molar-refractivity contribution in [3.05, 3.63) is 65.6 Å². The lowest BCUT2D eigenvalue weighted by atomic mass is 10.0. The van der Waals surface area contributed by atoms with Crippen LogP contribution in [0.15, 0.2) is 57.8 Å². The molecule has 7 nitrogen and oxygen atoms in total. The van der Waals surface area contributed by atoms with Gasteiger partial charge in [0, 0.05) is 25.2 Å². The number of aromatic nitrogens is 1. The first-order valence-electron chi connectivity index (χ1n) is 10.4. The Balaban J connectivity index is 1.51. The molecule has 2 heterocycles. The second-order valence-corrected chi connectivity index (χ2v) is 9.86. The van der Waals surface area contributed by atoms with Gasteiger partial charge in [0.1, 0.15) is 11.9 Å². The van der Waals surface area contributed by atoms with Crippen LogP contribution in [0.1, 0.15) is 31.0 Å². The molecule has 1 unspecified atom stereocenters. The maximum absolute atomic E-state index is 13.1. The molecule has 1 fully saturated rings. The standard InChI is InChI=1S/C23H23FN4O3S/c1-16-3-2-12-28(15-16)32(29,30)20-10-6-18(7-11-20)22-27-21(13-25)23(31-22)26-14-17-4-8-19(24)9-5-17/h4-11,16,26H,2-3,12,14-15H2,1H3. The van der Waals surface area contributed by atoms with Crippen LogP contribution in [0.2, 0.25) is 0 Å². The van der Waals surface area contributed by atoms with Crippen LogP contribution in [0.25, 0.3) is 11.5 Å². The van der Waals surface area contributed by atoms with Gasteiger partial charge in [-0.1, -0.05) is 19.1 Å². The number of oxazole rings is 1. The number of nitrogens with one attached hydrogen (secondary N) is 1. The molecule has 3 aromatic rings. The van der Waals surface area contributed by atoms with E-state index in [-0.39, 0.29) is 28.2 Å². The molecule has 0 aliphatic carbocycles. The highest BCUT2D eigenvalue weighted by Crippen LogP contribution is 2.28. The fraction of sp³-hybridized carbons (Fsp3) is 0.304. The molecule has 166 valence electrons. The maximum Gasteiger partial charge on any atom is 0.243 e. The molecule has 1 aromatic heterocycles. The number of benzene rings is 2. The van der Waals surface area contributed by atoms with E-state index in [0.29, 0.717) is 31.1 Å². The Hall–Kier alpha value is -3.22. The van der Waals surface area contributed by atoms with E-state index in [4.69, 9.17) is 4.42 Å². The predicted octanol–water partition coefficient (Wildman–Crippen LogP) is 4.39. The molecule has 0 radical (unpaired) electrons. The molecule has 9 heteroatoms. The summed E-state index contributed by atoms with van der Waals surface area (Å²) in [5, 5.41) is 12.4. The van der Waals surface area contributed by atoms with Crippen molar-refractivity contribution < 1.29 is 17.2 Å². The van der Waals surface area contributed by atoms with Crippen LogP contribution in [-0.2, 0) is 16.6 Å². The molecule has 4 rings (SSSR count). The second kappa shape index (κ2) is 9.10. The van der Waals surface area contributed by atoms with Crippen LogP contribution in [-0.4, -0.2) is 30.8 Å². The van der Waals surface area contributed by atoms with Gasteiger partial charge in [-0.25, -0.2) is 12.8 Å². The number of sulfonamides is 1. The highest BCUT2D eigenvalue weighted by atomic mass is 32.2. The third kappa shape index (κ3) is 4.66. The SMILES string of the molecule is CC1CCCN(S(=O)(=O)c2ccc(-c3nc(C#N)c(NCc4ccc(F)cc4)o3)cc2)C1. The molecule has 1 aliphatic heterocycles. The van der Waals surface area contributed by atoms with Crippen LogP contribution >= 0.6 is 0 Å². The number of nitrogens with zero attached hydrogens (tertiary/aromatic N) is 3. The summed E-state index contributed by atoms with van der Waals surface area (Å²) in [4.78, 5) is 4.43. The van der Waals surface area contributed by atoms with E-state index in [1.165, 1.54) is 28.6 Å². The summed E-state index contributed by atoms with van der Waals surface area (Å²) in [5.41, 5.74) is 1.46. The van der Waals surface area contributed by atoms with Crippen LogP contribution < -0.4 is 5.32 Å². The molecule has 1 saturated heterocycles. The van der Waals surface area contributed by atoms with Crippen molar-refractivity contribution in [2.45, 2.75) is 31.2 Å². The van der Waals surface area contributed by atoms with Crippen molar-refractivity contribution >= 4 is 15.9 Å². The normalized spacial score (nSPS) is 17.1. The van der Waals surface area contributed by atoms with Crippen molar-refractivity contribution in [1.29, 1.82) is 5.26 Å². The van der Waals surface area contributed by atoms with E-state index in [0.717, 1.165) is 18.4 Å². The molecule has 0 amide bonds. The average Bonchev–Trinajstić information content (AvgIpc) is 3.22. The summed E-state index contributed by atoms with van der Waals surface area (Å²) in [6, 6.07) is 14.3. The molecule has 32 heavy (non-hydrogen) atoms. The van der Waals surface area contributed by atoms with Gasteiger partial charge in [0.05, 0.1) is 4.90 Å². The van der Waals surface area contributed by atoms with Crippen molar-refractivity contribution in [1.82, 2.24) is 9.29 Å². The molecule has 1 N–H and O–H groups in total. The van der Waals surface area contributed by atoms with Gasteiger partial charge in [-0.05, 0) is 60.7 Å². The first-order chi connectivity index (χ1) is 15.4. The Morgan fingerprint density at radius 3 is 2.59 bits per heavy atom. The number of anilines is 1. The molecule has 2 aromatic carbocycles. The highest BCUT2D eigenvalue weighted by molar-refractivity contribution is 7.89. The Bertz CT molecular complexity index is 1230. The summed E-state index contributed by atoms with van der Waals surface area (Å²) >= 11 is 0. The molecular weight excluding hydrogens is 431 g/mol. The van der Waals surface area contributed by atoms with E-state index in [9.17, 15) is 18.1 Å². The van der Waals surface area contributed by atoms with Crippen LogP contribution in [0.3, 0.4) is 0 Å². The number of piperidine rings is 1. The van der Waals surface area contributed by atoms with Crippen molar-refractivity contribution in [3.8, 4) is 17.5 Å². The van der Waals surface area contributed by atoms with Crippen LogP contribution in [0, 0.1) is 23.1 Å². The number of rotatable bonds is 6. The first kappa shape index (κ1) is 22.0. The monoisotopic (exact) mass is 454 g/mol. The van der Waals surface area contributed by atoms with E-state index in [1.54, 1.807) is 24.3 Å². The smallest absolute Gasteiger partial charge is 0.243 e.